The lowest BCUT2D eigenvalue weighted by Crippen LogP contribution is -2.03. The number of rotatable bonds is 4. The molecule has 0 saturated heterocycles. The number of thiophene rings is 1. The lowest BCUT2D eigenvalue weighted by molar-refractivity contribution is 0.0697. The topological polar surface area (TPSA) is 49.3 Å². The van der Waals surface area contributed by atoms with Gasteiger partial charge in [-0.25, -0.2) is 4.79 Å². The molecule has 1 aromatic heterocycles. The fourth-order valence-corrected chi connectivity index (χ4v) is 3.00. The lowest BCUT2D eigenvalue weighted by Gasteiger charge is -2.09. The molecule has 0 aliphatic heterocycles. The molecule has 0 spiro atoms. The maximum absolute atomic E-state index is 10.9. The molecule has 2 rings (SSSR count). The monoisotopic (exact) mass is 325 g/mol. The number of aromatic carboxylic acids is 1. The number of aryl methyl sites for hydroxylation is 1. The van der Waals surface area contributed by atoms with Crippen LogP contribution in [-0.4, -0.2) is 11.1 Å². The van der Waals surface area contributed by atoms with Crippen LogP contribution in [-0.2, 0) is 6.54 Å². The summed E-state index contributed by atoms with van der Waals surface area (Å²) in [5.41, 5.74) is 2.19. The van der Waals surface area contributed by atoms with Gasteiger partial charge in [0.05, 0.1) is 12.1 Å². The Morgan fingerprint density at radius 1 is 1.44 bits per heavy atom. The van der Waals surface area contributed by atoms with Gasteiger partial charge in [0.2, 0.25) is 0 Å². The number of anilines is 1. The van der Waals surface area contributed by atoms with E-state index in [2.05, 4.69) is 21.2 Å². The summed E-state index contributed by atoms with van der Waals surface area (Å²) >= 11 is 5.13. The molecule has 5 heteroatoms. The van der Waals surface area contributed by atoms with E-state index in [-0.39, 0.29) is 0 Å². The van der Waals surface area contributed by atoms with Crippen molar-refractivity contribution in [1.29, 1.82) is 0 Å². The predicted molar refractivity (Wildman–Crippen MR) is 77.5 cm³/mol. The van der Waals surface area contributed by atoms with Crippen molar-refractivity contribution >= 4 is 38.9 Å². The summed E-state index contributed by atoms with van der Waals surface area (Å²) in [5.74, 6) is -0.907. The van der Waals surface area contributed by atoms with Crippen molar-refractivity contribution in [2.24, 2.45) is 0 Å². The second-order valence-electron chi connectivity index (χ2n) is 3.88. The Hall–Kier alpha value is -1.33. The van der Waals surface area contributed by atoms with Crippen LogP contribution in [0.3, 0.4) is 0 Å². The molecule has 0 bridgehead atoms. The third kappa shape index (κ3) is 2.91. The van der Waals surface area contributed by atoms with Gasteiger partial charge in [-0.15, -0.1) is 11.3 Å². The van der Waals surface area contributed by atoms with Gasteiger partial charge in [-0.2, -0.15) is 0 Å². The van der Waals surface area contributed by atoms with Crippen LogP contribution in [0.5, 0.6) is 0 Å². The number of carboxylic acids is 1. The second-order valence-corrected chi connectivity index (χ2v) is 5.74. The van der Waals surface area contributed by atoms with E-state index in [1.807, 2.05) is 24.4 Å². The van der Waals surface area contributed by atoms with Crippen molar-refractivity contribution in [3.63, 3.8) is 0 Å². The molecule has 0 aliphatic carbocycles. The minimum atomic E-state index is -0.907. The summed E-state index contributed by atoms with van der Waals surface area (Å²) in [6.07, 6.45) is 0. The zero-order valence-electron chi connectivity index (χ0n) is 9.74. The molecule has 1 heterocycles. The number of benzene rings is 1. The minimum absolute atomic E-state index is 0.299. The average Bonchev–Trinajstić information content (AvgIpc) is 2.73. The Bertz CT molecular complexity index is 580. The Kier molecular flexibility index (Phi) is 4.04. The Balaban J connectivity index is 2.16. The molecule has 2 N–H and O–H groups in total. The van der Waals surface area contributed by atoms with E-state index in [0.717, 1.165) is 15.7 Å². The molecule has 0 radical (unpaired) electrons. The van der Waals surface area contributed by atoms with E-state index in [4.69, 9.17) is 5.11 Å². The van der Waals surface area contributed by atoms with Gasteiger partial charge >= 0.3 is 5.97 Å². The predicted octanol–water partition coefficient (Wildman–Crippen LogP) is 4.13. The van der Waals surface area contributed by atoms with E-state index in [0.29, 0.717) is 12.1 Å². The van der Waals surface area contributed by atoms with Crippen LogP contribution in [0.25, 0.3) is 0 Å². The summed E-state index contributed by atoms with van der Waals surface area (Å²) in [7, 11) is 0. The van der Waals surface area contributed by atoms with Gasteiger partial charge < -0.3 is 10.4 Å². The van der Waals surface area contributed by atoms with Gasteiger partial charge in [-0.1, -0.05) is 6.07 Å². The summed E-state index contributed by atoms with van der Waals surface area (Å²) in [5, 5.41) is 14.2. The van der Waals surface area contributed by atoms with E-state index < -0.39 is 5.97 Å². The Morgan fingerprint density at radius 2 is 2.22 bits per heavy atom. The Morgan fingerprint density at radius 3 is 2.83 bits per heavy atom. The first-order valence-corrected chi connectivity index (χ1v) is 7.05. The first-order chi connectivity index (χ1) is 8.58. The molecule has 1 aromatic carbocycles. The van der Waals surface area contributed by atoms with Crippen LogP contribution in [0.2, 0.25) is 0 Å². The van der Waals surface area contributed by atoms with Crippen LogP contribution < -0.4 is 5.32 Å². The average molecular weight is 326 g/mol. The van der Waals surface area contributed by atoms with Gasteiger partial charge in [0.1, 0.15) is 0 Å². The maximum atomic E-state index is 10.9. The van der Waals surface area contributed by atoms with E-state index in [9.17, 15) is 4.79 Å². The first-order valence-electron chi connectivity index (χ1n) is 5.37. The van der Waals surface area contributed by atoms with Gasteiger partial charge in [0, 0.05) is 15.0 Å². The van der Waals surface area contributed by atoms with Crippen molar-refractivity contribution in [3.8, 4) is 0 Å². The lowest BCUT2D eigenvalue weighted by atomic mass is 10.1. The number of carbonyl (C=O) groups is 1. The zero-order chi connectivity index (χ0) is 13.1. The molecule has 18 heavy (non-hydrogen) atoms. The highest BCUT2D eigenvalue weighted by molar-refractivity contribution is 9.10. The molecule has 0 saturated carbocycles. The second kappa shape index (κ2) is 5.54. The Labute approximate surface area is 118 Å². The van der Waals surface area contributed by atoms with E-state index in [1.165, 1.54) is 4.88 Å². The molecule has 0 unspecified atom stereocenters. The van der Waals surface area contributed by atoms with Crippen molar-refractivity contribution in [2.45, 2.75) is 13.5 Å². The molecule has 94 valence electrons. The molecule has 2 aromatic rings. The van der Waals surface area contributed by atoms with Crippen LogP contribution in [0.15, 0.2) is 34.1 Å². The highest BCUT2D eigenvalue weighted by atomic mass is 79.9. The van der Waals surface area contributed by atoms with Crippen LogP contribution in [0, 0.1) is 6.92 Å². The van der Waals surface area contributed by atoms with Crippen molar-refractivity contribution in [1.82, 2.24) is 0 Å². The van der Waals surface area contributed by atoms with Gasteiger partial charge in [-0.3, -0.25) is 0 Å². The van der Waals surface area contributed by atoms with Crippen LogP contribution >= 0.6 is 27.3 Å². The number of hydrogen-bond donors (Lipinski definition) is 2. The maximum Gasteiger partial charge on any atom is 0.335 e. The highest BCUT2D eigenvalue weighted by Crippen LogP contribution is 2.25. The van der Waals surface area contributed by atoms with Gasteiger partial charge in [0.15, 0.2) is 0 Å². The summed E-state index contributed by atoms with van der Waals surface area (Å²) in [6.45, 7) is 2.64. The van der Waals surface area contributed by atoms with Crippen molar-refractivity contribution < 1.29 is 9.90 Å². The summed E-state index contributed by atoms with van der Waals surface area (Å²) in [6, 6.07) is 7.10. The van der Waals surface area contributed by atoms with Gasteiger partial charge in [0.25, 0.3) is 0 Å². The van der Waals surface area contributed by atoms with E-state index in [1.54, 1.807) is 23.5 Å². The molecule has 0 fully saturated rings. The number of hydrogen-bond acceptors (Lipinski definition) is 3. The molecule has 0 amide bonds. The highest BCUT2D eigenvalue weighted by Gasteiger charge is 2.07. The number of halogens is 1. The summed E-state index contributed by atoms with van der Waals surface area (Å²) < 4.78 is 1.08. The van der Waals surface area contributed by atoms with Crippen LogP contribution in [0.4, 0.5) is 5.69 Å². The quantitative estimate of drug-likeness (QED) is 0.888. The fraction of sp³-hybridized carbons (Fsp3) is 0.154. The number of carboxylic acid groups (broad SMARTS) is 1. The minimum Gasteiger partial charge on any atom is -0.478 e. The molecule has 0 aliphatic rings. The largest absolute Gasteiger partial charge is 0.478 e. The van der Waals surface area contributed by atoms with Crippen molar-refractivity contribution in [2.75, 3.05) is 5.32 Å². The van der Waals surface area contributed by atoms with Crippen molar-refractivity contribution in [3.05, 3.63) is 50.1 Å². The molecular weight excluding hydrogens is 314 g/mol. The third-order valence-electron chi connectivity index (χ3n) is 2.61. The first kappa shape index (κ1) is 13.1. The number of nitrogens with one attached hydrogen (secondary N) is 1. The third-order valence-corrected chi connectivity index (χ3v) is 4.54. The molecule has 0 atom stereocenters. The molecule has 3 nitrogen and oxygen atoms in total. The molecular formula is C13H12BrNO2S. The SMILES string of the molecule is Cc1ccc(C(=O)O)cc1NCc1sccc1Br. The standard InChI is InChI=1S/C13H12BrNO2S/c1-8-2-3-9(13(16)17)6-11(8)15-7-12-10(14)4-5-18-12/h2-6,15H,7H2,1H3,(H,16,17). The fourth-order valence-electron chi connectivity index (χ4n) is 1.57. The normalized spacial score (nSPS) is 10.3. The zero-order valence-corrected chi connectivity index (χ0v) is 12.1. The summed E-state index contributed by atoms with van der Waals surface area (Å²) in [4.78, 5) is 12.1. The van der Waals surface area contributed by atoms with Crippen LogP contribution in [0.1, 0.15) is 20.8 Å². The van der Waals surface area contributed by atoms with Gasteiger partial charge in [-0.05, 0) is 52.0 Å². The van der Waals surface area contributed by atoms with E-state index >= 15 is 0 Å². The smallest absolute Gasteiger partial charge is 0.335 e.